The molecule has 162 valence electrons. The number of nitrogens with two attached hydrogens (primary N) is 1. The Morgan fingerprint density at radius 2 is 2.03 bits per heavy atom. The minimum absolute atomic E-state index is 0.0143. The van der Waals surface area contributed by atoms with Crippen molar-refractivity contribution >= 4 is 5.97 Å². The van der Waals surface area contributed by atoms with Gasteiger partial charge in [-0.2, -0.15) is 5.26 Å². The maximum Gasteiger partial charge on any atom is 0.347 e. The Morgan fingerprint density at radius 1 is 1.19 bits per heavy atom. The first-order chi connectivity index (χ1) is 15.6. The third-order valence-electron chi connectivity index (χ3n) is 5.09. The van der Waals surface area contributed by atoms with Crippen LogP contribution in [0.15, 0.2) is 76.7 Å². The Hall–Kier alpha value is -4.18. The molecule has 32 heavy (non-hydrogen) atoms. The quantitative estimate of drug-likeness (QED) is 0.323. The summed E-state index contributed by atoms with van der Waals surface area (Å²) >= 11 is 0. The summed E-state index contributed by atoms with van der Waals surface area (Å²) in [6, 6.07) is 17.5. The molecular weight excluding hydrogens is 408 g/mol. The molecule has 3 aromatic rings. The number of hydrogen-bond donors (Lipinski definition) is 1. The standard InChI is InChI=1S/C25H22N2O5/c1-2-3-12-29-20-8-5-4-7-18(20)25(28)31-16-10-11-17-22(14-16)32-24(27)19(15-26)23(17)21-9-6-13-30-21/h4-11,13-14,23H,2-3,12,27H2,1H3. The van der Waals surface area contributed by atoms with E-state index >= 15 is 0 Å². The van der Waals surface area contributed by atoms with Crippen molar-refractivity contribution in [3.63, 3.8) is 0 Å². The molecule has 0 amide bonds. The maximum atomic E-state index is 12.8. The predicted molar refractivity (Wildman–Crippen MR) is 116 cm³/mol. The number of carbonyl (C=O) groups is 1. The van der Waals surface area contributed by atoms with Gasteiger partial charge >= 0.3 is 5.97 Å². The summed E-state index contributed by atoms with van der Waals surface area (Å²) in [6.45, 7) is 2.59. The van der Waals surface area contributed by atoms with Crippen molar-refractivity contribution in [1.29, 1.82) is 5.26 Å². The lowest BCUT2D eigenvalue weighted by atomic mass is 9.87. The zero-order chi connectivity index (χ0) is 22.5. The highest BCUT2D eigenvalue weighted by atomic mass is 16.5. The van der Waals surface area contributed by atoms with Gasteiger partial charge in [0.2, 0.25) is 5.88 Å². The smallest absolute Gasteiger partial charge is 0.347 e. The molecule has 1 unspecified atom stereocenters. The number of esters is 1. The fourth-order valence-corrected chi connectivity index (χ4v) is 3.50. The third-order valence-corrected chi connectivity index (χ3v) is 5.09. The molecule has 2 N–H and O–H groups in total. The first-order valence-electron chi connectivity index (χ1n) is 10.3. The fraction of sp³-hybridized carbons (Fsp3) is 0.200. The van der Waals surface area contributed by atoms with Gasteiger partial charge in [-0.1, -0.05) is 31.5 Å². The topological polar surface area (TPSA) is 108 Å². The monoisotopic (exact) mass is 430 g/mol. The molecule has 4 rings (SSSR count). The van der Waals surface area contributed by atoms with Gasteiger partial charge in [0.1, 0.15) is 40.2 Å². The molecule has 0 bridgehead atoms. The van der Waals surface area contributed by atoms with Crippen molar-refractivity contribution in [3.05, 3.63) is 89.2 Å². The molecule has 0 aliphatic carbocycles. The van der Waals surface area contributed by atoms with E-state index < -0.39 is 11.9 Å². The van der Waals surface area contributed by atoms with E-state index in [0.717, 1.165) is 12.8 Å². The van der Waals surface area contributed by atoms with Crippen LogP contribution in [-0.2, 0) is 0 Å². The van der Waals surface area contributed by atoms with Gasteiger partial charge in [0.15, 0.2) is 0 Å². The van der Waals surface area contributed by atoms with Crippen LogP contribution in [0.2, 0.25) is 0 Å². The summed E-state index contributed by atoms with van der Waals surface area (Å²) in [5, 5.41) is 9.57. The molecule has 1 aliphatic heterocycles. The minimum atomic E-state index is -0.545. The van der Waals surface area contributed by atoms with E-state index in [1.165, 1.54) is 6.26 Å². The first kappa shape index (κ1) is 21.1. The number of ether oxygens (including phenoxy) is 3. The fourth-order valence-electron chi connectivity index (χ4n) is 3.50. The van der Waals surface area contributed by atoms with E-state index in [1.807, 2.05) is 6.07 Å². The summed E-state index contributed by atoms with van der Waals surface area (Å²) in [6.07, 6.45) is 3.42. The summed E-state index contributed by atoms with van der Waals surface area (Å²) in [5.41, 5.74) is 7.27. The molecule has 7 nitrogen and oxygen atoms in total. The second kappa shape index (κ2) is 9.31. The molecule has 0 saturated heterocycles. The number of carbonyl (C=O) groups excluding carboxylic acids is 1. The van der Waals surface area contributed by atoms with Gasteiger partial charge in [0.05, 0.1) is 18.8 Å². The minimum Gasteiger partial charge on any atom is -0.493 e. The zero-order valence-electron chi connectivity index (χ0n) is 17.5. The summed E-state index contributed by atoms with van der Waals surface area (Å²) in [4.78, 5) is 12.8. The molecule has 1 aliphatic rings. The number of allylic oxidation sites excluding steroid dienone is 1. The Morgan fingerprint density at radius 3 is 2.78 bits per heavy atom. The highest BCUT2D eigenvalue weighted by Crippen LogP contribution is 2.43. The zero-order valence-corrected chi connectivity index (χ0v) is 17.5. The van der Waals surface area contributed by atoms with Crippen LogP contribution in [0.3, 0.4) is 0 Å². The summed E-state index contributed by atoms with van der Waals surface area (Å²) in [5.74, 6) is 0.650. The Kier molecular flexibility index (Phi) is 6.13. The van der Waals surface area contributed by atoms with Crippen LogP contribution >= 0.6 is 0 Å². The third kappa shape index (κ3) is 4.16. The molecule has 0 spiro atoms. The van der Waals surface area contributed by atoms with Crippen molar-refractivity contribution in [1.82, 2.24) is 0 Å². The van der Waals surface area contributed by atoms with Crippen molar-refractivity contribution in [2.75, 3.05) is 6.61 Å². The van der Waals surface area contributed by atoms with Crippen LogP contribution in [0.5, 0.6) is 17.2 Å². The number of para-hydroxylation sites is 1. The second-order valence-electron chi connectivity index (χ2n) is 7.23. The van der Waals surface area contributed by atoms with Gasteiger partial charge in [0, 0.05) is 11.6 Å². The normalized spacial score (nSPS) is 14.8. The SMILES string of the molecule is CCCCOc1ccccc1C(=O)Oc1ccc2c(c1)OC(N)=C(C#N)C2c1ccco1. The lowest BCUT2D eigenvalue weighted by molar-refractivity contribution is 0.0730. The van der Waals surface area contributed by atoms with E-state index in [-0.39, 0.29) is 17.2 Å². The van der Waals surface area contributed by atoms with Crippen molar-refractivity contribution in [2.45, 2.75) is 25.7 Å². The number of nitrogens with zero attached hydrogens (tertiary/aromatic N) is 1. The Balaban J connectivity index is 1.60. The number of nitriles is 1. The van der Waals surface area contributed by atoms with Gasteiger partial charge < -0.3 is 24.4 Å². The summed E-state index contributed by atoms with van der Waals surface area (Å²) < 4.78 is 22.5. The molecule has 1 atom stereocenters. The van der Waals surface area contributed by atoms with Crippen LogP contribution in [0.1, 0.15) is 47.4 Å². The van der Waals surface area contributed by atoms with Crippen molar-refractivity contribution in [3.8, 4) is 23.3 Å². The van der Waals surface area contributed by atoms with Crippen LogP contribution in [-0.4, -0.2) is 12.6 Å². The molecule has 1 aromatic heterocycles. The van der Waals surface area contributed by atoms with Crippen LogP contribution in [0, 0.1) is 11.3 Å². The molecule has 7 heteroatoms. The molecular formula is C25H22N2O5. The number of hydrogen-bond acceptors (Lipinski definition) is 7. The highest BCUT2D eigenvalue weighted by Gasteiger charge is 2.33. The Labute approximate surface area is 185 Å². The van der Waals surface area contributed by atoms with E-state index in [4.69, 9.17) is 24.4 Å². The predicted octanol–water partition coefficient (Wildman–Crippen LogP) is 4.90. The lowest BCUT2D eigenvalue weighted by Gasteiger charge is -2.25. The number of furan rings is 1. The first-order valence-corrected chi connectivity index (χ1v) is 10.3. The van der Waals surface area contributed by atoms with Crippen molar-refractivity contribution < 1.29 is 23.4 Å². The van der Waals surface area contributed by atoms with E-state index in [9.17, 15) is 10.1 Å². The number of fused-ring (bicyclic) bond motifs is 1. The van der Waals surface area contributed by atoms with Gasteiger partial charge in [-0.05, 0) is 36.8 Å². The van der Waals surface area contributed by atoms with Crippen LogP contribution in [0.4, 0.5) is 0 Å². The maximum absolute atomic E-state index is 12.8. The van der Waals surface area contributed by atoms with E-state index in [1.54, 1.807) is 48.5 Å². The van der Waals surface area contributed by atoms with E-state index in [0.29, 0.717) is 35.0 Å². The summed E-state index contributed by atoms with van der Waals surface area (Å²) in [7, 11) is 0. The second-order valence-corrected chi connectivity index (χ2v) is 7.23. The van der Waals surface area contributed by atoms with Gasteiger partial charge in [-0.15, -0.1) is 0 Å². The molecule has 2 aromatic carbocycles. The van der Waals surface area contributed by atoms with Crippen molar-refractivity contribution in [2.24, 2.45) is 5.73 Å². The molecule has 0 saturated carbocycles. The average molecular weight is 430 g/mol. The number of benzene rings is 2. The largest absolute Gasteiger partial charge is 0.493 e. The number of unbranched alkanes of at least 4 members (excludes halogenated alkanes) is 1. The van der Waals surface area contributed by atoms with Crippen LogP contribution < -0.4 is 19.9 Å². The lowest BCUT2D eigenvalue weighted by Crippen LogP contribution is -2.21. The average Bonchev–Trinajstić information content (AvgIpc) is 3.33. The Bertz CT molecular complexity index is 1190. The molecule has 0 fully saturated rings. The van der Waals surface area contributed by atoms with E-state index in [2.05, 4.69) is 13.0 Å². The molecule has 2 heterocycles. The van der Waals surface area contributed by atoms with Gasteiger partial charge in [-0.3, -0.25) is 0 Å². The molecule has 0 radical (unpaired) electrons. The van der Waals surface area contributed by atoms with Gasteiger partial charge in [-0.25, -0.2) is 4.79 Å². The highest BCUT2D eigenvalue weighted by molar-refractivity contribution is 5.94. The van der Waals surface area contributed by atoms with Gasteiger partial charge in [0.25, 0.3) is 0 Å². The number of rotatable bonds is 7. The van der Waals surface area contributed by atoms with Crippen LogP contribution in [0.25, 0.3) is 0 Å².